The lowest BCUT2D eigenvalue weighted by Gasteiger charge is -2.10. The average Bonchev–Trinajstić information content (AvgIpc) is 2.74. The van der Waals surface area contributed by atoms with Gasteiger partial charge in [-0.3, -0.25) is 10.1 Å². The third-order valence-electron chi connectivity index (χ3n) is 2.20. The van der Waals surface area contributed by atoms with Crippen LogP contribution in [0.25, 0.3) is 0 Å². The second-order valence-electron chi connectivity index (χ2n) is 3.23. The second kappa shape index (κ2) is 4.42. The summed E-state index contributed by atoms with van der Waals surface area (Å²) in [5, 5.41) is 29.5. The van der Waals surface area contributed by atoms with Crippen molar-refractivity contribution in [3.63, 3.8) is 0 Å². The van der Waals surface area contributed by atoms with E-state index in [-0.39, 0.29) is 16.0 Å². The van der Waals surface area contributed by atoms with E-state index in [1.54, 1.807) is 23.5 Å². The Morgan fingerprint density at radius 1 is 1.25 bits per heavy atom. The molecule has 0 aliphatic carbocycles. The molecule has 0 unspecified atom stereocenters. The zero-order chi connectivity index (χ0) is 11.7. The van der Waals surface area contributed by atoms with Gasteiger partial charge in [0.2, 0.25) is 0 Å². The molecule has 5 nitrogen and oxygen atoms in total. The first kappa shape index (κ1) is 11.4. The number of nitrogens with zero attached hydrogens (tertiary/aromatic N) is 1. The lowest BCUT2D eigenvalue weighted by molar-refractivity contribution is -0.385. The normalized spacial score (nSPS) is 16.5. The van der Waals surface area contributed by atoms with Crippen molar-refractivity contribution in [1.29, 1.82) is 0 Å². The molecule has 0 aromatic heterocycles. The summed E-state index contributed by atoms with van der Waals surface area (Å²) in [7, 11) is 0. The third-order valence-corrected chi connectivity index (χ3v) is 5.26. The molecule has 86 valence electrons. The molecule has 0 radical (unpaired) electrons. The fourth-order valence-corrected chi connectivity index (χ4v) is 4.36. The molecule has 2 rings (SSSR count). The van der Waals surface area contributed by atoms with Crippen LogP contribution in [0.4, 0.5) is 5.69 Å². The molecule has 0 spiro atoms. The molecule has 1 aliphatic heterocycles. The largest absolute Gasteiger partial charge is 0.504 e. The van der Waals surface area contributed by atoms with Gasteiger partial charge in [-0.05, 0) is 6.07 Å². The standard InChI is InChI=1S/C9H9NO4S2/c11-7-3-5(9-15-1-2-16-9)6(10(13)14)4-8(7)12/h3-4,9,11-12H,1-2H2. The number of thioether (sulfide) groups is 2. The SMILES string of the molecule is O=[N+]([O-])c1cc(O)c(O)cc1C1SCCS1. The van der Waals surface area contributed by atoms with Crippen molar-refractivity contribution in [3.8, 4) is 11.5 Å². The Morgan fingerprint density at radius 2 is 1.81 bits per heavy atom. The summed E-state index contributed by atoms with van der Waals surface area (Å²) in [5.41, 5.74) is 0.329. The van der Waals surface area contributed by atoms with Crippen LogP contribution in [-0.4, -0.2) is 26.6 Å². The van der Waals surface area contributed by atoms with E-state index in [0.717, 1.165) is 17.6 Å². The van der Waals surface area contributed by atoms with E-state index in [2.05, 4.69) is 0 Å². The van der Waals surface area contributed by atoms with E-state index in [1.165, 1.54) is 6.07 Å². The van der Waals surface area contributed by atoms with E-state index in [9.17, 15) is 20.3 Å². The first-order chi connectivity index (χ1) is 7.59. The molecule has 1 saturated heterocycles. The van der Waals surface area contributed by atoms with Crippen LogP contribution in [0.15, 0.2) is 12.1 Å². The molecule has 1 aromatic rings. The highest BCUT2D eigenvalue weighted by molar-refractivity contribution is 8.19. The van der Waals surface area contributed by atoms with Gasteiger partial charge in [0, 0.05) is 11.5 Å². The van der Waals surface area contributed by atoms with Crippen LogP contribution >= 0.6 is 23.5 Å². The van der Waals surface area contributed by atoms with Crippen LogP contribution < -0.4 is 0 Å². The average molecular weight is 259 g/mol. The minimum absolute atomic E-state index is 0.0353. The fraction of sp³-hybridized carbons (Fsp3) is 0.333. The Labute approximate surface area is 100 Å². The van der Waals surface area contributed by atoms with Crippen LogP contribution in [0.5, 0.6) is 11.5 Å². The summed E-state index contributed by atoms with van der Waals surface area (Å²) < 4.78 is -0.0353. The summed E-state index contributed by atoms with van der Waals surface area (Å²) in [6.45, 7) is 0. The van der Waals surface area contributed by atoms with E-state index in [0.29, 0.717) is 5.56 Å². The molecule has 1 aliphatic rings. The quantitative estimate of drug-likeness (QED) is 0.482. The third kappa shape index (κ3) is 2.05. The van der Waals surface area contributed by atoms with E-state index < -0.39 is 10.7 Å². The Kier molecular flexibility index (Phi) is 3.15. The van der Waals surface area contributed by atoms with Gasteiger partial charge in [-0.1, -0.05) is 0 Å². The highest BCUT2D eigenvalue weighted by Gasteiger charge is 2.28. The van der Waals surface area contributed by atoms with Crippen LogP contribution in [0, 0.1) is 10.1 Å². The molecule has 0 amide bonds. The lowest BCUT2D eigenvalue weighted by Crippen LogP contribution is -1.96. The molecule has 7 heteroatoms. The molecule has 2 N–H and O–H groups in total. The molecule has 1 fully saturated rings. The predicted octanol–water partition coefficient (Wildman–Crippen LogP) is 2.48. The Bertz CT molecular complexity index is 432. The van der Waals surface area contributed by atoms with Crippen molar-refractivity contribution in [2.45, 2.75) is 4.58 Å². The van der Waals surface area contributed by atoms with Crippen LogP contribution in [-0.2, 0) is 0 Å². The summed E-state index contributed by atoms with van der Waals surface area (Å²) in [4.78, 5) is 10.3. The zero-order valence-corrected chi connectivity index (χ0v) is 9.75. The zero-order valence-electron chi connectivity index (χ0n) is 8.12. The number of nitro benzene ring substituents is 1. The topological polar surface area (TPSA) is 83.6 Å². The van der Waals surface area contributed by atoms with Gasteiger partial charge in [-0.2, -0.15) is 0 Å². The molecule has 0 atom stereocenters. The summed E-state index contributed by atoms with van der Waals surface area (Å²) in [6.07, 6.45) is 0. The number of phenolic OH excluding ortho intramolecular Hbond substituents is 2. The molecular weight excluding hydrogens is 250 g/mol. The van der Waals surface area contributed by atoms with Gasteiger partial charge in [-0.15, -0.1) is 23.5 Å². The molecule has 1 aromatic carbocycles. The highest BCUT2D eigenvalue weighted by atomic mass is 32.2. The maximum Gasteiger partial charge on any atom is 0.278 e. The van der Waals surface area contributed by atoms with Crippen molar-refractivity contribution in [2.75, 3.05) is 11.5 Å². The van der Waals surface area contributed by atoms with Gasteiger partial charge in [0.05, 0.1) is 21.1 Å². The smallest absolute Gasteiger partial charge is 0.278 e. The maximum atomic E-state index is 10.8. The molecule has 16 heavy (non-hydrogen) atoms. The molecular formula is C9H9NO4S2. The Morgan fingerprint density at radius 3 is 2.38 bits per heavy atom. The summed E-state index contributed by atoms with van der Waals surface area (Å²) >= 11 is 3.21. The van der Waals surface area contributed by atoms with Gasteiger partial charge in [0.25, 0.3) is 5.69 Å². The highest BCUT2D eigenvalue weighted by Crippen LogP contribution is 2.50. The van der Waals surface area contributed by atoms with Crippen LogP contribution in [0.1, 0.15) is 10.1 Å². The minimum Gasteiger partial charge on any atom is -0.504 e. The number of hydrogen-bond acceptors (Lipinski definition) is 6. The summed E-state index contributed by atoms with van der Waals surface area (Å²) in [6, 6.07) is 2.29. The number of benzene rings is 1. The van der Waals surface area contributed by atoms with Crippen molar-refractivity contribution >= 4 is 29.2 Å². The van der Waals surface area contributed by atoms with Crippen molar-refractivity contribution in [3.05, 3.63) is 27.8 Å². The van der Waals surface area contributed by atoms with Crippen LogP contribution in [0.3, 0.4) is 0 Å². The first-order valence-electron chi connectivity index (χ1n) is 4.53. The van der Waals surface area contributed by atoms with E-state index in [1.807, 2.05) is 0 Å². The van der Waals surface area contributed by atoms with Crippen molar-refractivity contribution in [1.82, 2.24) is 0 Å². The van der Waals surface area contributed by atoms with Gasteiger partial charge in [-0.25, -0.2) is 0 Å². The fourth-order valence-electron chi connectivity index (χ4n) is 1.47. The van der Waals surface area contributed by atoms with Gasteiger partial charge >= 0.3 is 0 Å². The van der Waals surface area contributed by atoms with Gasteiger partial charge in [0.15, 0.2) is 11.5 Å². The Hall–Kier alpha value is -1.08. The second-order valence-corrected chi connectivity index (χ2v) is 5.95. The molecule has 1 heterocycles. The first-order valence-corrected chi connectivity index (χ1v) is 6.63. The molecule has 0 bridgehead atoms. The number of phenols is 2. The monoisotopic (exact) mass is 259 g/mol. The van der Waals surface area contributed by atoms with Crippen molar-refractivity contribution in [2.24, 2.45) is 0 Å². The van der Waals surface area contributed by atoms with E-state index >= 15 is 0 Å². The Balaban J connectivity index is 2.48. The van der Waals surface area contributed by atoms with Gasteiger partial charge < -0.3 is 10.2 Å². The predicted molar refractivity (Wildman–Crippen MR) is 64.1 cm³/mol. The summed E-state index contributed by atoms with van der Waals surface area (Å²) in [5.74, 6) is 1.11. The number of nitro groups is 1. The lowest BCUT2D eigenvalue weighted by atomic mass is 10.2. The van der Waals surface area contributed by atoms with Crippen LogP contribution in [0.2, 0.25) is 0 Å². The van der Waals surface area contributed by atoms with Gasteiger partial charge in [0.1, 0.15) is 0 Å². The minimum atomic E-state index is -0.534. The number of aromatic hydroxyl groups is 2. The number of rotatable bonds is 2. The maximum absolute atomic E-state index is 10.8. The van der Waals surface area contributed by atoms with E-state index in [4.69, 9.17) is 0 Å². The molecule has 0 saturated carbocycles. The van der Waals surface area contributed by atoms with Crippen molar-refractivity contribution < 1.29 is 15.1 Å². The number of hydrogen-bond donors (Lipinski definition) is 2.